The van der Waals surface area contributed by atoms with Crippen molar-refractivity contribution < 1.29 is 9.53 Å². The van der Waals surface area contributed by atoms with Crippen LogP contribution in [-0.2, 0) is 11.2 Å². The van der Waals surface area contributed by atoms with Crippen molar-refractivity contribution in [1.29, 1.82) is 0 Å². The number of benzene rings is 1. The second-order valence-electron chi connectivity index (χ2n) is 7.14. The van der Waals surface area contributed by atoms with Crippen LogP contribution in [-0.4, -0.2) is 35.0 Å². The number of nitrogens with zero attached hydrogens (tertiary/aromatic N) is 2. The van der Waals surface area contributed by atoms with Gasteiger partial charge in [-0.2, -0.15) is 0 Å². The highest BCUT2D eigenvalue weighted by atomic mass is 16.5. The highest BCUT2D eigenvalue weighted by molar-refractivity contribution is 5.81. The number of carbonyl (C=O) groups is 1. The average molecular weight is 336 g/mol. The molecule has 2 aromatic rings. The number of piperidine rings is 1. The summed E-state index contributed by atoms with van der Waals surface area (Å²) >= 11 is 0. The lowest BCUT2D eigenvalue weighted by molar-refractivity contribution is -0.136. The van der Waals surface area contributed by atoms with Crippen molar-refractivity contribution in [2.24, 2.45) is 11.8 Å². The molecule has 2 heterocycles. The number of aromatic nitrogens is 1. The molecule has 2 aliphatic rings. The Morgan fingerprint density at radius 3 is 2.68 bits per heavy atom. The lowest BCUT2D eigenvalue weighted by atomic mass is 9.88. The number of pyridine rings is 1. The van der Waals surface area contributed by atoms with Crippen LogP contribution < -0.4 is 4.74 Å². The van der Waals surface area contributed by atoms with E-state index < -0.39 is 0 Å². The molecule has 4 nitrogen and oxygen atoms in total. The van der Waals surface area contributed by atoms with Crippen LogP contribution in [0, 0.1) is 11.8 Å². The first-order valence-corrected chi connectivity index (χ1v) is 9.19. The van der Waals surface area contributed by atoms with Gasteiger partial charge in [0.05, 0.1) is 6.20 Å². The number of ether oxygens (including phenoxy) is 1. The zero-order chi connectivity index (χ0) is 17.1. The second kappa shape index (κ2) is 7.26. The fourth-order valence-corrected chi connectivity index (χ4v) is 3.66. The standard InChI is InChI=1S/C21H24N2O2/c24-21(17-8-9-17)23-12-10-20(25-19-7-4-11-22-14-19)18(15-23)13-16-5-2-1-3-6-16/h1-7,11,14,17-18,20H,8-10,12-13,15H2/t18-,20-/m0/s1. The van der Waals surface area contributed by atoms with Crippen LogP contribution in [0.15, 0.2) is 54.9 Å². The van der Waals surface area contributed by atoms with E-state index in [-0.39, 0.29) is 12.0 Å². The Hall–Kier alpha value is -2.36. The van der Waals surface area contributed by atoms with Crippen molar-refractivity contribution >= 4 is 5.91 Å². The summed E-state index contributed by atoms with van der Waals surface area (Å²) < 4.78 is 6.24. The van der Waals surface area contributed by atoms with Gasteiger partial charge in [0, 0.05) is 37.5 Å². The van der Waals surface area contributed by atoms with Crippen LogP contribution in [0.5, 0.6) is 5.75 Å². The topological polar surface area (TPSA) is 42.4 Å². The average Bonchev–Trinajstić information content (AvgIpc) is 3.49. The van der Waals surface area contributed by atoms with Gasteiger partial charge in [-0.15, -0.1) is 0 Å². The van der Waals surface area contributed by atoms with E-state index in [9.17, 15) is 4.79 Å². The largest absolute Gasteiger partial charge is 0.488 e. The summed E-state index contributed by atoms with van der Waals surface area (Å²) in [5.74, 6) is 1.75. The summed E-state index contributed by atoms with van der Waals surface area (Å²) in [6.45, 7) is 1.58. The minimum absolute atomic E-state index is 0.118. The summed E-state index contributed by atoms with van der Waals surface area (Å²) in [4.78, 5) is 18.7. The van der Waals surface area contributed by atoms with Crippen molar-refractivity contribution in [2.45, 2.75) is 31.8 Å². The predicted molar refractivity (Wildman–Crippen MR) is 96.2 cm³/mol. The van der Waals surface area contributed by atoms with E-state index in [0.29, 0.717) is 11.8 Å². The monoisotopic (exact) mass is 336 g/mol. The Morgan fingerprint density at radius 1 is 1.12 bits per heavy atom. The van der Waals surface area contributed by atoms with Gasteiger partial charge in [-0.1, -0.05) is 30.3 Å². The van der Waals surface area contributed by atoms with Gasteiger partial charge in [0.15, 0.2) is 0 Å². The third-order valence-corrected chi connectivity index (χ3v) is 5.17. The number of amides is 1. The van der Waals surface area contributed by atoms with Crippen LogP contribution in [0.3, 0.4) is 0 Å². The molecule has 2 atom stereocenters. The lowest BCUT2D eigenvalue weighted by Gasteiger charge is -2.38. The molecule has 0 spiro atoms. The van der Waals surface area contributed by atoms with Gasteiger partial charge >= 0.3 is 0 Å². The molecule has 130 valence electrons. The molecule has 0 N–H and O–H groups in total. The number of rotatable bonds is 5. The summed E-state index contributed by atoms with van der Waals surface area (Å²) in [5, 5.41) is 0. The normalized spacial score (nSPS) is 23.3. The van der Waals surface area contributed by atoms with Crippen molar-refractivity contribution in [2.75, 3.05) is 13.1 Å². The van der Waals surface area contributed by atoms with E-state index >= 15 is 0 Å². The summed E-state index contributed by atoms with van der Waals surface area (Å²) in [6, 6.07) is 14.3. The van der Waals surface area contributed by atoms with Crippen molar-refractivity contribution in [3.8, 4) is 5.75 Å². The lowest BCUT2D eigenvalue weighted by Crippen LogP contribution is -2.49. The quantitative estimate of drug-likeness (QED) is 0.841. The third-order valence-electron chi connectivity index (χ3n) is 5.17. The number of hydrogen-bond donors (Lipinski definition) is 0. The van der Waals surface area contributed by atoms with Gasteiger partial charge in [0.2, 0.25) is 5.91 Å². The molecular weight excluding hydrogens is 312 g/mol. The van der Waals surface area contributed by atoms with E-state index in [4.69, 9.17) is 4.74 Å². The zero-order valence-electron chi connectivity index (χ0n) is 14.4. The molecule has 1 aliphatic carbocycles. The Morgan fingerprint density at radius 2 is 1.96 bits per heavy atom. The highest BCUT2D eigenvalue weighted by Gasteiger charge is 2.38. The van der Waals surface area contributed by atoms with Gasteiger partial charge in [-0.25, -0.2) is 0 Å². The smallest absolute Gasteiger partial charge is 0.225 e. The maximum Gasteiger partial charge on any atom is 0.225 e. The van der Waals surface area contributed by atoms with Crippen molar-refractivity contribution in [3.63, 3.8) is 0 Å². The fraction of sp³-hybridized carbons (Fsp3) is 0.429. The number of carbonyl (C=O) groups excluding carboxylic acids is 1. The number of likely N-dealkylation sites (tertiary alicyclic amines) is 1. The van der Waals surface area contributed by atoms with Crippen LogP contribution in [0.4, 0.5) is 0 Å². The molecule has 0 bridgehead atoms. The molecule has 4 heteroatoms. The highest BCUT2D eigenvalue weighted by Crippen LogP contribution is 2.33. The summed E-state index contributed by atoms with van der Waals surface area (Å²) in [5.41, 5.74) is 1.30. The first-order chi connectivity index (χ1) is 12.3. The molecule has 1 aromatic heterocycles. The van der Waals surface area contributed by atoms with E-state index in [1.54, 1.807) is 12.4 Å². The summed E-state index contributed by atoms with van der Waals surface area (Å²) in [6.07, 6.45) is 7.58. The van der Waals surface area contributed by atoms with Gasteiger partial charge in [-0.05, 0) is 37.0 Å². The fourth-order valence-electron chi connectivity index (χ4n) is 3.66. The third kappa shape index (κ3) is 4.01. The second-order valence-corrected chi connectivity index (χ2v) is 7.14. The van der Waals surface area contributed by atoms with Gasteiger partial charge < -0.3 is 9.64 Å². The number of hydrogen-bond acceptors (Lipinski definition) is 3. The minimum atomic E-state index is 0.118. The van der Waals surface area contributed by atoms with Gasteiger partial charge in [0.25, 0.3) is 0 Å². The maximum atomic E-state index is 12.5. The van der Waals surface area contributed by atoms with Crippen molar-refractivity contribution in [1.82, 2.24) is 9.88 Å². The van der Waals surface area contributed by atoms with Crippen LogP contribution in [0.1, 0.15) is 24.8 Å². The van der Waals surface area contributed by atoms with Gasteiger partial charge in [0.1, 0.15) is 11.9 Å². The molecule has 1 amide bonds. The molecular formula is C21H24N2O2. The molecule has 1 saturated heterocycles. The first kappa shape index (κ1) is 16.1. The molecule has 4 rings (SSSR count). The molecule has 2 fully saturated rings. The zero-order valence-corrected chi connectivity index (χ0v) is 14.4. The van der Waals surface area contributed by atoms with Crippen LogP contribution >= 0.6 is 0 Å². The summed E-state index contributed by atoms with van der Waals surface area (Å²) in [7, 11) is 0. The molecule has 25 heavy (non-hydrogen) atoms. The van der Waals surface area contributed by atoms with Crippen LogP contribution in [0.2, 0.25) is 0 Å². The Balaban J connectivity index is 1.49. The molecule has 1 aliphatic heterocycles. The van der Waals surface area contributed by atoms with Crippen LogP contribution in [0.25, 0.3) is 0 Å². The minimum Gasteiger partial charge on any atom is -0.488 e. The predicted octanol–water partition coefficient (Wildman–Crippen LogP) is 3.33. The Bertz CT molecular complexity index is 700. The molecule has 0 radical (unpaired) electrons. The Kier molecular flexibility index (Phi) is 4.68. The maximum absolute atomic E-state index is 12.5. The Labute approximate surface area is 148 Å². The molecule has 1 saturated carbocycles. The van der Waals surface area contributed by atoms with E-state index in [2.05, 4.69) is 34.1 Å². The van der Waals surface area contributed by atoms with Crippen molar-refractivity contribution in [3.05, 3.63) is 60.4 Å². The van der Waals surface area contributed by atoms with E-state index in [0.717, 1.165) is 44.5 Å². The SMILES string of the molecule is O=C(C1CC1)N1CC[C@H](Oc2cccnc2)[C@@H](Cc2ccccc2)C1. The van der Waals surface area contributed by atoms with Gasteiger partial charge in [-0.3, -0.25) is 9.78 Å². The van der Waals surface area contributed by atoms with E-state index in [1.165, 1.54) is 5.56 Å². The van der Waals surface area contributed by atoms with E-state index in [1.807, 2.05) is 18.2 Å². The molecule has 0 unspecified atom stereocenters. The first-order valence-electron chi connectivity index (χ1n) is 9.19. The molecule has 1 aromatic carbocycles.